The van der Waals surface area contributed by atoms with Crippen LogP contribution in [0.15, 0.2) is 18.2 Å². The molecule has 1 aromatic rings. The normalized spacial score (nSPS) is 11.4. The lowest BCUT2D eigenvalue weighted by molar-refractivity contribution is 0.0526. The van der Waals surface area contributed by atoms with Gasteiger partial charge in [-0.05, 0) is 32.0 Å². The van der Waals surface area contributed by atoms with Gasteiger partial charge in [0.15, 0.2) is 5.78 Å². The van der Waals surface area contributed by atoms with Crippen molar-refractivity contribution < 1.29 is 14.3 Å². The molecule has 0 aliphatic carbocycles. The monoisotopic (exact) mass is 309 g/mol. The molecule has 0 amide bonds. The first-order chi connectivity index (χ1) is 8.49. The first-order valence-electron chi connectivity index (χ1n) is 5.40. The van der Waals surface area contributed by atoms with Crippen LogP contribution in [0.4, 0.5) is 0 Å². The first kappa shape index (κ1) is 14.4. The average molecular weight is 310 g/mol. The van der Waals surface area contributed by atoms with Crippen LogP contribution in [-0.4, -0.2) is 23.2 Å². The van der Waals surface area contributed by atoms with Gasteiger partial charge >= 0.3 is 5.97 Å². The van der Waals surface area contributed by atoms with E-state index in [1.165, 1.54) is 18.2 Å². The lowest BCUT2D eigenvalue weighted by atomic mass is 10.0. The molecule has 0 fully saturated rings. The van der Waals surface area contributed by atoms with Crippen LogP contribution in [0, 0.1) is 11.3 Å². The molecular formula is C13H12BrNO3. The fourth-order valence-corrected chi connectivity index (χ4v) is 1.66. The van der Waals surface area contributed by atoms with Crippen LogP contribution < -0.4 is 0 Å². The summed E-state index contributed by atoms with van der Waals surface area (Å²) in [7, 11) is 0. The van der Waals surface area contributed by atoms with Crippen molar-refractivity contribution in [2.45, 2.75) is 18.7 Å². The van der Waals surface area contributed by atoms with Crippen molar-refractivity contribution >= 4 is 27.7 Å². The van der Waals surface area contributed by atoms with Crippen LogP contribution in [-0.2, 0) is 4.74 Å². The molecule has 94 valence electrons. The van der Waals surface area contributed by atoms with Gasteiger partial charge in [0, 0.05) is 5.56 Å². The highest BCUT2D eigenvalue weighted by molar-refractivity contribution is 9.10. The lowest BCUT2D eigenvalue weighted by Crippen LogP contribution is -2.12. The molecule has 0 aliphatic rings. The fourth-order valence-electron chi connectivity index (χ4n) is 1.40. The summed E-state index contributed by atoms with van der Waals surface area (Å²) < 4.78 is 4.85. The summed E-state index contributed by atoms with van der Waals surface area (Å²) in [6.45, 7) is 3.62. The molecule has 0 radical (unpaired) electrons. The van der Waals surface area contributed by atoms with Crippen LogP contribution >= 0.6 is 15.9 Å². The number of alkyl halides is 1. The first-order valence-corrected chi connectivity index (χ1v) is 6.31. The second-order valence-electron chi connectivity index (χ2n) is 3.61. The molecule has 4 nitrogen and oxygen atoms in total. The Bertz CT molecular complexity index is 517. The molecule has 0 saturated heterocycles. The van der Waals surface area contributed by atoms with Crippen molar-refractivity contribution in [3.63, 3.8) is 0 Å². The maximum Gasteiger partial charge on any atom is 0.338 e. The number of ketones is 1. The Balaban J connectivity index is 3.22. The maximum atomic E-state index is 11.8. The lowest BCUT2D eigenvalue weighted by Gasteiger charge is -2.07. The molecule has 0 aliphatic heterocycles. The standard InChI is InChI=1S/C13H12BrNO3/c1-3-18-13(17)11-5-9(7-15)4-10(6-11)12(16)8(2)14/h4-6,8H,3H2,1-2H3. The van der Waals surface area contributed by atoms with Gasteiger partial charge in [-0.2, -0.15) is 5.26 Å². The quantitative estimate of drug-likeness (QED) is 0.487. The van der Waals surface area contributed by atoms with Crippen molar-refractivity contribution in [1.82, 2.24) is 0 Å². The van der Waals surface area contributed by atoms with E-state index in [1.54, 1.807) is 13.8 Å². The number of esters is 1. The van der Waals surface area contributed by atoms with Crippen LogP contribution in [0.1, 0.15) is 40.1 Å². The molecular weight excluding hydrogens is 298 g/mol. The zero-order valence-electron chi connectivity index (χ0n) is 10.1. The molecule has 18 heavy (non-hydrogen) atoms. The Morgan fingerprint density at radius 3 is 2.50 bits per heavy atom. The number of ether oxygens (including phenoxy) is 1. The molecule has 1 aromatic carbocycles. The molecule has 1 unspecified atom stereocenters. The zero-order valence-corrected chi connectivity index (χ0v) is 11.7. The van der Waals surface area contributed by atoms with Crippen molar-refractivity contribution in [3.8, 4) is 6.07 Å². The largest absolute Gasteiger partial charge is 0.462 e. The van der Waals surface area contributed by atoms with Gasteiger partial charge in [0.25, 0.3) is 0 Å². The highest BCUT2D eigenvalue weighted by Crippen LogP contribution is 2.15. The second kappa shape index (κ2) is 6.31. The van der Waals surface area contributed by atoms with E-state index in [9.17, 15) is 9.59 Å². The summed E-state index contributed by atoms with van der Waals surface area (Å²) in [5.74, 6) is -0.719. The van der Waals surface area contributed by atoms with Gasteiger partial charge in [-0.3, -0.25) is 4.79 Å². The number of hydrogen-bond donors (Lipinski definition) is 0. The summed E-state index contributed by atoms with van der Waals surface area (Å²) in [5.41, 5.74) is 0.797. The minimum atomic E-state index is -0.536. The third-order valence-corrected chi connectivity index (χ3v) is 2.63. The summed E-state index contributed by atoms with van der Waals surface area (Å²) in [4.78, 5) is 23.1. The molecule has 0 aromatic heterocycles. The topological polar surface area (TPSA) is 67.2 Å². The highest BCUT2D eigenvalue weighted by Gasteiger charge is 2.16. The maximum absolute atomic E-state index is 11.8. The molecule has 0 heterocycles. The van der Waals surface area contributed by atoms with Gasteiger partial charge in [-0.1, -0.05) is 15.9 Å². The van der Waals surface area contributed by atoms with Crippen molar-refractivity contribution in [2.24, 2.45) is 0 Å². The molecule has 0 N–H and O–H groups in total. The van der Waals surface area contributed by atoms with E-state index in [0.29, 0.717) is 5.56 Å². The van der Waals surface area contributed by atoms with Crippen molar-refractivity contribution in [3.05, 3.63) is 34.9 Å². The van der Waals surface area contributed by atoms with E-state index < -0.39 is 5.97 Å². The van der Waals surface area contributed by atoms with Gasteiger partial charge < -0.3 is 4.74 Å². The van der Waals surface area contributed by atoms with E-state index in [4.69, 9.17) is 10.00 Å². The Kier molecular flexibility index (Phi) is 5.05. The number of carbonyl (C=O) groups excluding carboxylic acids is 2. The van der Waals surface area contributed by atoms with Gasteiger partial charge in [0.2, 0.25) is 0 Å². The summed E-state index contributed by atoms with van der Waals surface area (Å²) >= 11 is 3.17. The Labute approximate surface area is 114 Å². The van der Waals surface area contributed by atoms with E-state index in [-0.39, 0.29) is 28.3 Å². The number of hydrogen-bond acceptors (Lipinski definition) is 4. The summed E-state index contributed by atoms with van der Waals surface area (Å²) in [6, 6.07) is 6.24. The van der Waals surface area contributed by atoms with Crippen LogP contribution in [0.25, 0.3) is 0 Å². The number of benzene rings is 1. The summed E-state index contributed by atoms with van der Waals surface area (Å²) in [6.07, 6.45) is 0. The minimum absolute atomic E-state index is 0.183. The molecule has 0 saturated carbocycles. The van der Waals surface area contributed by atoms with E-state index in [0.717, 1.165) is 0 Å². The number of halogens is 1. The number of nitriles is 1. The molecule has 1 rings (SSSR count). The number of carbonyl (C=O) groups is 2. The van der Waals surface area contributed by atoms with Crippen LogP contribution in [0.5, 0.6) is 0 Å². The minimum Gasteiger partial charge on any atom is -0.462 e. The summed E-state index contributed by atoms with van der Waals surface area (Å²) in [5, 5.41) is 8.89. The zero-order chi connectivity index (χ0) is 13.7. The smallest absolute Gasteiger partial charge is 0.338 e. The van der Waals surface area contributed by atoms with Crippen molar-refractivity contribution in [1.29, 1.82) is 5.26 Å². The van der Waals surface area contributed by atoms with Crippen molar-refractivity contribution in [2.75, 3.05) is 6.61 Å². The van der Waals surface area contributed by atoms with Crippen LogP contribution in [0.3, 0.4) is 0 Å². The third kappa shape index (κ3) is 3.41. The fraction of sp³-hybridized carbons (Fsp3) is 0.308. The number of nitrogens with zero attached hydrogens (tertiary/aromatic N) is 1. The van der Waals surface area contributed by atoms with Crippen LogP contribution in [0.2, 0.25) is 0 Å². The predicted molar refractivity (Wildman–Crippen MR) is 69.8 cm³/mol. The van der Waals surface area contributed by atoms with Gasteiger partial charge in [0.1, 0.15) is 0 Å². The molecule has 0 spiro atoms. The Morgan fingerprint density at radius 1 is 1.39 bits per heavy atom. The predicted octanol–water partition coefficient (Wildman–Crippen LogP) is 2.70. The van der Waals surface area contributed by atoms with Gasteiger partial charge in [-0.15, -0.1) is 0 Å². The SMILES string of the molecule is CCOC(=O)c1cc(C#N)cc(C(=O)C(C)Br)c1. The van der Waals surface area contributed by atoms with E-state index >= 15 is 0 Å². The number of Topliss-reactive ketones (excluding diaryl/α,β-unsaturated/α-hetero) is 1. The highest BCUT2D eigenvalue weighted by atomic mass is 79.9. The molecule has 1 atom stereocenters. The number of rotatable bonds is 4. The van der Waals surface area contributed by atoms with E-state index in [2.05, 4.69) is 15.9 Å². The Hall–Kier alpha value is -1.67. The molecule has 5 heteroatoms. The third-order valence-electron chi connectivity index (χ3n) is 2.22. The van der Waals surface area contributed by atoms with Gasteiger partial charge in [-0.25, -0.2) is 4.79 Å². The van der Waals surface area contributed by atoms with Gasteiger partial charge in [0.05, 0.1) is 28.6 Å². The average Bonchev–Trinajstić information content (AvgIpc) is 2.37. The van der Waals surface area contributed by atoms with E-state index in [1.807, 2.05) is 6.07 Å². The second-order valence-corrected chi connectivity index (χ2v) is 4.99. The Morgan fingerprint density at radius 2 is 2.00 bits per heavy atom. The molecule has 0 bridgehead atoms.